The molecule has 71 heavy (non-hydrogen) atoms. The molecule has 6 rings (SSSR count). The zero-order valence-corrected chi connectivity index (χ0v) is 40.7. The summed E-state index contributed by atoms with van der Waals surface area (Å²) < 4.78 is 0. The molecule has 2 heterocycles. The van der Waals surface area contributed by atoms with Gasteiger partial charge in [0, 0.05) is 52.0 Å². The fourth-order valence-corrected chi connectivity index (χ4v) is 9.33. The highest BCUT2D eigenvalue weighted by molar-refractivity contribution is 5.94. The lowest BCUT2D eigenvalue weighted by Gasteiger charge is -2.29. The van der Waals surface area contributed by atoms with E-state index in [9.17, 15) is 33.9 Å². The summed E-state index contributed by atoms with van der Waals surface area (Å²) in [7, 11) is 0. The van der Waals surface area contributed by atoms with Crippen molar-refractivity contribution in [2.75, 3.05) is 26.2 Å². The van der Waals surface area contributed by atoms with Gasteiger partial charge in [-0.3, -0.25) is 38.7 Å². The SMILES string of the molecule is Cc1cc(O)cc(C)c1C[C@H](N)C(=O)N[C@H](CCCN=C(N)N)C(=O)N[C@H]1Cc2ccccc2CN(CCC(=O)N[C@@H](CCCN2CCc3ccccc3C2)C(=O)N[C@@H](Cc2ccccc2)C(N)=O)C1=O. The van der Waals surface area contributed by atoms with Crippen molar-refractivity contribution in [2.45, 2.75) is 115 Å². The van der Waals surface area contributed by atoms with Gasteiger partial charge in [0.2, 0.25) is 35.4 Å². The lowest BCUT2D eigenvalue weighted by Crippen LogP contribution is -2.56. The minimum absolute atomic E-state index is 0.0472. The number of primary amides is 1. The number of hydrogen-bond donors (Lipinski definition) is 9. The van der Waals surface area contributed by atoms with Gasteiger partial charge in [0.1, 0.15) is 29.9 Å². The lowest BCUT2D eigenvalue weighted by atomic mass is 9.95. The van der Waals surface area contributed by atoms with Gasteiger partial charge in [0.25, 0.3) is 0 Å². The fourth-order valence-electron chi connectivity index (χ4n) is 9.33. The van der Waals surface area contributed by atoms with E-state index >= 15 is 0 Å². The number of rotatable bonds is 23. The predicted molar refractivity (Wildman–Crippen MR) is 271 cm³/mol. The highest BCUT2D eigenvalue weighted by Gasteiger charge is 2.34. The molecule has 0 radical (unpaired) electrons. The molecule has 0 fully saturated rings. The van der Waals surface area contributed by atoms with E-state index in [2.05, 4.69) is 43.3 Å². The molecule has 2 aliphatic rings. The van der Waals surface area contributed by atoms with E-state index < -0.39 is 65.7 Å². The van der Waals surface area contributed by atoms with Crippen molar-refractivity contribution >= 4 is 41.4 Å². The van der Waals surface area contributed by atoms with Crippen molar-refractivity contribution in [3.8, 4) is 5.75 Å². The Morgan fingerprint density at radius 2 is 1.32 bits per heavy atom. The Morgan fingerprint density at radius 1 is 0.718 bits per heavy atom. The summed E-state index contributed by atoms with van der Waals surface area (Å²) in [6.45, 7) is 6.23. The third-order valence-corrected chi connectivity index (χ3v) is 13.2. The number of guanidine groups is 1. The molecule has 2 aliphatic heterocycles. The average Bonchev–Trinajstić information content (AvgIpc) is 3.47. The van der Waals surface area contributed by atoms with Crippen molar-refractivity contribution in [1.82, 2.24) is 31.1 Å². The number of nitrogens with one attached hydrogen (secondary N) is 4. The number of aromatic hydroxyl groups is 1. The molecule has 378 valence electrons. The summed E-state index contributed by atoms with van der Waals surface area (Å²) in [5.74, 6) is -3.41. The molecule has 18 nitrogen and oxygen atoms in total. The third-order valence-electron chi connectivity index (χ3n) is 13.2. The summed E-state index contributed by atoms with van der Waals surface area (Å²) in [6.07, 6.45) is 2.48. The Hall–Kier alpha value is -7.31. The molecule has 18 heteroatoms. The molecule has 0 saturated carbocycles. The van der Waals surface area contributed by atoms with Crippen LogP contribution < -0.4 is 44.2 Å². The zero-order chi connectivity index (χ0) is 51.0. The number of hydrogen-bond acceptors (Lipinski definition) is 10. The highest BCUT2D eigenvalue weighted by atomic mass is 16.3. The van der Waals surface area contributed by atoms with E-state index in [1.807, 2.05) is 80.6 Å². The predicted octanol–water partition coefficient (Wildman–Crippen LogP) is 1.41. The normalized spacial score (nSPS) is 16.2. The van der Waals surface area contributed by atoms with Gasteiger partial charge in [0.05, 0.1) is 6.04 Å². The van der Waals surface area contributed by atoms with Crippen molar-refractivity contribution < 1.29 is 33.9 Å². The lowest BCUT2D eigenvalue weighted by molar-refractivity contribution is -0.138. The maximum absolute atomic E-state index is 14.5. The quantitative estimate of drug-likeness (QED) is 0.0291. The van der Waals surface area contributed by atoms with Crippen LogP contribution in [0.4, 0.5) is 0 Å². The molecule has 5 atom stereocenters. The molecule has 13 N–H and O–H groups in total. The molecule has 0 saturated heterocycles. The Bertz CT molecular complexity index is 2530. The van der Waals surface area contributed by atoms with Crippen LogP contribution in [0.25, 0.3) is 0 Å². The molecule has 0 aliphatic carbocycles. The second kappa shape index (κ2) is 25.5. The number of nitrogens with two attached hydrogens (primary N) is 4. The Kier molecular flexibility index (Phi) is 19.1. The number of amides is 6. The van der Waals surface area contributed by atoms with Gasteiger partial charge >= 0.3 is 0 Å². The molecule has 4 aromatic carbocycles. The van der Waals surface area contributed by atoms with Gasteiger partial charge in [-0.25, -0.2) is 0 Å². The van der Waals surface area contributed by atoms with E-state index in [0.29, 0.717) is 19.4 Å². The summed E-state index contributed by atoms with van der Waals surface area (Å²) in [5, 5.41) is 21.4. The van der Waals surface area contributed by atoms with Crippen LogP contribution in [0.3, 0.4) is 0 Å². The molecule has 0 spiro atoms. The van der Waals surface area contributed by atoms with E-state index in [1.165, 1.54) is 16.0 Å². The average molecular weight is 972 g/mol. The van der Waals surface area contributed by atoms with Crippen molar-refractivity contribution in [1.29, 1.82) is 0 Å². The first kappa shape index (κ1) is 53.0. The number of aliphatic imine (C=N–C) groups is 1. The number of fused-ring (bicyclic) bond motifs is 2. The van der Waals surface area contributed by atoms with Crippen LogP contribution in [-0.4, -0.2) is 113 Å². The molecule has 0 aromatic heterocycles. The first-order chi connectivity index (χ1) is 34.0. The van der Waals surface area contributed by atoms with Gasteiger partial charge in [-0.1, -0.05) is 78.9 Å². The van der Waals surface area contributed by atoms with Crippen LogP contribution in [-0.2, 0) is 67.5 Å². The number of phenols is 1. The van der Waals surface area contributed by atoms with E-state index in [4.69, 9.17) is 22.9 Å². The fraction of sp³-hybridized carbons (Fsp3) is 0.415. The van der Waals surface area contributed by atoms with Gasteiger partial charge in [-0.05, 0) is 116 Å². The summed E-state index contributed by atoms with van der Waals surface area (Å²) in [5.41, 5.74) is 30.6. The largest absolute Gasteiger partial charge is 0.508 e. The van der Waals surface area contributed by atoms with Crippen molar-refractivity contribution in [3.05, 3.63) is 136 Å². The van der Waals surface area contributed by atoms with Crippen molar-refractivity contribution in [3.63, 3.8) is 0 Å². The molecular formula is C53H69N11O7. The third kappa shape index (κ3) is 15.6. The first-order valence-corrected chi connectivity index (χ1v) is 24.3. The number of phenolic OH excluding ortho intramolecular Hbond substituents is 1. The summed E-state index contributed by atoms with van der Waals surface area (Å²) >= 11 is 0. The minimum atomic E-state index is -1.12. The summed E-state index contributed by atoms with van der Waals surface area (Å²) in [4.78, 5) is 90.7. The van der Waals surface area contributed by atoms with Crippen LogP contribution >= 0.6 is 0 Å². The first-order valence-electron chi connectivity index (χ1n) is 24.3. The van der Waals surface area contributed by atoms with Gasteiger partial charge < -0.3 is 54.2 Å². The van der Waals surface area contributed by atoms with Gasteiger partial charge in [-0.2, -0.15) is 0 Å². The second-order valence-electron chi connectivity index (χ2n) is 18.6. The standard InChI is InChI=1S/C53H69N11O7/c1-33-26-40(65)27-34(2)41(33)30-42(54)49(68)60-44(18-10-22-58-53(56)57)51(70)62-46-29-37-15-7-9-17-39(37)32-64(52(46)71)25-21-47(66)59-43(19-11-23-63-24-20-36-14-6-8-16-38(36)31-63)50(69)61-45(48(55)67)28-35-12-4-3-5-13-35/h3-9,12-17,26-27,42-46,65H,10-11,18-25,28-32,54H2,1-2H3,(H2,55,67)(H,59,66)(H,60,68)(H,61,69)(H,62,70)(H4,56,57,58)/t42-,43-,44+,45-,46-/m0/s1. The van der Waals surface area contributed by atoms with Crippen LogP contribution in [0.1, 0.15) is 76.6 Å². The van der Waals surface area contributed by atoms with E-state index in [-0.39, 0.29) is 69.9 Å². The maximum atomic E-state index is 14.5. The molecular weight excluding hydrogens is 903 g/mol. The number of carbonyl (C=O) groups excluding carboxylic acids is 6. The molecule has 0 unspecified atom stereocenters. The Morgan fingerprint density at radius 3 is 2.00 bits per heavy atom. The molecule has 4 aromatic rings. The van der Waals surface area contributed by atoms with Crippen LogP contribution in [0.2, 0.25) is 0 Å². The number of aryl methyl sites for hydroxylation is 2. The van der Waals surface area contributed by atoms with Gasteiger partial charge in [0.15, 0.2) is 5.96 Å². The minimum Gasteiger partial charge on any atom is -0.508 e. The maximum Gasteiger partial charge on any atom is 0.245 e. The topological polar surface area (TPSA) is 294 Å². The smallest absolute Gasteiger partial charge is 0.245 e. The van der Waals surface area contributed by atoms with Crippen molar-refractivity contribution in [2.24, 2.45) is 27.9 Å². The second-order valence-corrected chi connectivity index (χ2v) is 18.6. The van der Waals surface area contributed by atoms with Crippen LogP contribution in [0.15, 0.2) is 96.0 Å². The highest BCUT2D eigenvalue weighted by Crippen LogP contribution is 2.24. The van der Waals surface area contributed by atoms with E-state index in [0.717, 1.165) is 52.9 Å². The van der Waals surface area contributed by atoms with Crippen LogP contribution in [0, 0.1) is 13.8 Å². The monoisotopic (exact) mass is 972 g/mol. The summed E-state index contributed by atoms with van der Waals surface area (Å²) in [6, 6.07) is 22.9. The molecule has 6 amide bonds. The number of carbonyl (C=O) groups is 6. The molecule has 0 bridgehead atoms. The van der Waals surface area contributed by atoms with Gasteiger partial charge in [-0.15, -0.1) is 0 Å². The van der Waals surface area contributed by atoms with Crippen LogP contribution in [0.5, 0.6) is 5.75 Å². The Labute approximate surface area is 415 Å². The number of benzene rings is 4. The zero-order valence-electron chi connectivity index (χ0n) is 40.7. The van der Waals surface area contributed by atoms with E-state index in [1.54, 1.807) is 12.1 Å². The Balaban J connectivity index is 1.14. The number of nitrogens with zero attached hydrogens (tertiary/aromatic N) is 3.